The van der Waals surface area contributed by atoms with E-state index in [4.69, 9.17) is 0 Å². The summed E-state index contributed by atoms with van der Waals surface area (Å²) in [6, 6.07) is 0. The zero-order valence-electron chi connectivity index (χ0n) is 22.1. The fourth-order valence-corrected chi connectivity index (χ4v) is 4.76. The Morgan fingerprint density at radius 1 is 0.375 bits per heavy atom. The van der Waals surface area contributed by atoms with Gasteiger partial charge in [-0.15, -0.1) is 0 Å². The average molecular weight is 452 g/mol. The Hall–Kier alpha value is -0.530. The van der Waals surface area contributed by atoms with Gasteiger partial charge in [0.2, 0.25) is 0 Å². The first-order valence-corrected chi connectivity index (χ1v) is 15.0. The molecular formula is C30H59O2-. The van der Waals surface area contributed by atoms with Crippen molar-refractivity contribution in [3.63, 3.8) is 0 Å². The molecule has 32 heavy (non-hydrogen) atoms. The lowest BCUT2D eigenvalue weighted by Gasteiger charge is -2.04. The molecule has 2 nitrogen and oxygen atoms in total. The maximum atomic E-state index is 10.3. The Morgan fingerprint density at radius 3 is 0.750 bits per heavy atom. The molecule has 2 heteroatoms. The van der Waals surface area contributed by atoms with E-state index in [9.17, 15) is 9.90 Å². The summed E-state index contributed by atoms with van der Waals surface area (Å²) < 4.78 is 0. The number of carbonyl (C=O) groups excluding carboxylic acids is 1. The van der Waals surface area contributed by atoms with E-state index in [-0.39, 0.29) is 6.42 Å². The molecule has 0 rings (SSSR count). The van der Waals surface area contributed by atoms with Crippen LogP contribution in [0.3, 0.4) is 0 Å². The molecule has 0 bridgehead atoms. The van der Waals surface area contributed by atoms with E-state index in [0.717, 1.165) is 12.8 Å². The van der Waals surface area contributed by atoms with E-state index >= 15 is 0 Å². The lowest BCUT2D eigenvalue weighted by atomic mass is 10.0. The smallest absolute Gasteiger partial charge is 0.0414 e. The standard InChI is InChI=1S/C30H60O2/c1-2-3-4-5-6-7-8-9-10-11-12-13-14-15-16-17-18-19-20-21-22-23-24-25-26-27-28-29-30(31)32/h2-29H2,1H3,(H,31,32)/p-1. The van der Waals surface area contributed by atoms with Crippen molar-refractivity contribution in [3.8, 4) is 0 Å². The third-order valence-electron chi connectivity index (χ3n) is 6.98. The Balaban J connectivity index is 3.00. The van der Waals surface area contributed by atoms with Crippen LogP contribution in [0.1, 0.15) is 187 Å². The van der Waals surface area contributed by atoms with Gasteiger partial charge in [0.05, 0.1) is 0 Å². The summed E-state index contributed by atoms with van der Waals surface area (Å²) >= 11 is 0. The molecule has 0 aromatic heterocycles. The van der Waals surface area contributed by atoms with Gasteiger partial charge >= 0.3 is 0 Å². The minimum absolute atomic E-state index is 0.236. The highest BCUT2D eigenvalue weighted by atomic mass is 16.4. The minimum Gasteiger partial charge on any atom is -0.550 e. The molecular weight excluding hydrogens is 392 g/mol. The van der Waals surface area contributed by atoms with E-state index in [1.54, 1.807) is 0 Å². The van der Waals surface area contributed by atoms with E-state index in [2.05, 4.69) is 6.92 Å². The summed E-state index contributed by atoms with van der Waals surface area (Å²) in [5, 5.41) is 10.3. The molecule has 192 valence electrons. The predicted molar refractivity (Wildman–Crippen MR) is 140 cm³/mol. The van der Waals surface area contributed by atoms with E-state index < -0.39 is 5.97 Å². The highest BCUT2D eigenvalue weighted by Crippen LogP contribution is 2.16. The molecule has 0 atom stereocenters. The van der Waals surface area contributed by atoms with Crippen LogP contribution >= 0.6 is 0 Å². The predicted octanol–water partition coefficient (Wildman–Crippen LogP) is 9.68. The van der Waals surface area contributed by atoms with E-state index in [1.165, 1.54) is 161 Å². The number of carboxylic acid groups (broad SMARTS) is 1. The Kier molecular flexibility index (Phi) is 28.0. The normalized spacial score (nSPS) is 11.3. The van der Waals surface area contributed by atoms with Gasteiger partial charge in [-0.1, -0.05) is 174 Å². The van der Waals surface area contributed by atoms with Crippen molar-refractivity contribution in [2.75, 3.05) is 0 Å². The van der Waals surface area contributed by atoms with Crippen molar-refractivity contribution in [2.45, 2.75) is 187 Å². The van der Waals surface area contributed by atoms with Crippen LogP contribution in [-0.2, 0) is 4.79 Å². The van der Waals surface area contributed by atoms with Crippen molar-refractivity contribution in [1.82, 2.24) is 0 Å². The number of rotatable bonds is 28. The van der Waals surface area contributed by atoms with Crippen molar-refractivity contribution in [2.24, 2.45) is 0 Å². The van der Waals surface area contributed by atoms with Gasteiger partial charge in [-0.25, -0.2) is 0 Å². The highest BCUT2D eigenvalue weighted by Gasteiger charge is 1.96. The largest absolute Gasteiger partial charge is 0.550 e. The van der Waals surface area contributed by atoms with Gasteiger partial charge in [0.15, 0.2) is 0 Å². The summed E-state index contributed by atoms with van der Waals surface area (Å²) in [5.74, 6) is -0.899. The maximum Gasteiger partial charge on any atom is 0.0414 e. The second-order valence-corrected chi connectivity index (χ2v) is 10.3. The summed E-state index contributed by atoms with van der Waals surface area (Å²) in [6.07, 6.45) is 37.6. The summed E-state index contributed by atoms with van der Waals surface area (Å²) in [4.78, 5) is 10.3. The molecule has 0 fully saturated rings. The average Bonchev–Trinajstić information content (AvgIpc) is 2.78. The third kappa shape index (κ3) is 29.5. The highest BCUT2D eigenvalue weighted by molar-refractivity contribution is 5.63. The molecule has 0 saturated carbocycles. The number of unbranched alkanes of at least 4 members (excludes halogenated alkanes) is 26. The Morgan fingerprint density at radius 2 is 0.562 bits per heavy atom. The van der Waals surface area contributed by atoms with Gasteiger partial charge in [-0.2, -0.15) is 0 Å². The second-order valence-electron chi connectivity index (χ2n) is 10.3. The molecule has 0 aliphatic heterocycles. The lowest BCUT2D eigenvalue weighted by Crippen LogP contribution is -2.21. The second kappa shape index (κ2) is 28.5. The number of carbonyl (C=O) groups is 1. The van der Waals surface area contributed by atoms with Crippen molar-refractivity contribution in [1.29, 1.82) is 0 Å². The van der Waals surface area contributed by atoms with E-state index in [0.29, 0.717) is 0 Å². The van der Waals surface area contributed by atoms with Crippen LogP contribution in [0, 0.1) is 0 Å². The molecule has 0 spiro atoms. The first-order chi connectivity index (χ1) is 15.8. The number of hydrogen-bond donors (Lipinski definition) is 0. The number of aliphatic carboxylic acids is 1. The molecule has 0 aliphatic carbocycles. The topological polar surface area (TPSA) is 40.1 Å². The van der Waals surface area contributed by atoms with Gasteiger partial charge in [0.25, 0.3) is 0 Å². The van der Waals surface area contributed by atoms with Crippen LogP contribution in [0.4, 0.5) is 0 Å². The molecule has 0 saturated heterocycles. The van der Waals surface area contributed by atoms with Crippen molar-refractivity contribution >= 4 is 5.97 Å². The maximum absolute atomic E-state index is 10.3. The first-order valence-electron chi connectivity index (χ1n) is 15.0. The van der Waals surface area contributed by atoms with Crippen LogP contribution in [-0.4, -0.2) is 5.97 Å². The van der Waals surface area contributed by atoms with Crippen LogP contribution in [0.5, 0.6) is 0 Å². The molecule has 0 radical (unpaired) electrons. The van der Waals surface area contributed by atoms with Gasteiger partial charge < -0.3 is 9.90 Å². The molecule has 0 aromatic rings. The summed E-state index contributed by atoms with van der Waals surface area (Å²) in [6.45, 7) is 2.30. The van der Waals surface area contributed by atoms with Crippen LogP contribution < -0.4 is 5.11 Å². The molecule has 0 amide bonds. The Bertz CT molecular complexity index is 353. The van der Waals surface area contributed by atoms with Crippen molar-refractivity contribution < 1.29 is 9.90 Å². The Labute approximate surface area is 202 Å². The summed E-state index contributed by atoms with van der Waals surface area (Å²) in [7, 11) is 0. The molecule has 0 heterocycles. The van der Waals surface area contributed by atoms with Gasteiger partial charge in [-0.05, 0) is 12.8 Å². The zero-order valence-corrected chi connectivity index (χ0v) is 22.1. The lowest BCUT2D eigenvalue weighted by molar-refractivity contribution is -0.305. The fourth-order valence-electron chi connectivity index (χ4n) is 4.76. The monoisotopic (exact) mass is 451 g/mol. The van der Waals surface area contributed by atoms with Crippen LogP contribution in [0.25, 0.3) is 0 Å². The third-order valence-corrected chi connectivity index (χ3v) is 6.98. The summed E-state index contributed by atoms with van der Waals surface area (Å²) in [5.41, 5.74) is 0. The zero-order chi connectivity index (χ0) is 23.4. The fraction of sp³-hybridized carbons (Fsp3) is 0.967. The van der Waals surface area contributed by atoms with Crippen LogP contribution in [0.2, 0.25) is 0 Å². The molecule has 0 unspecified atom stereocenters. The number of carboxylic acids is 1. The number of hydrogen-bond acceptors (Lipinski definition) is 2. The van der Waals surface area contributed by atoms with Crippen LogP contribution in [0.15, 0.2) is 0 Å². The van der Waals surface area contributed by atoms with Gasteiger partial charge in [-0.3, -0.25) is 0 Å². The molecule has 0 aromatic carbocycles. The molecule has 0 aliphatic rings. The van der Waals surface area contributed by atoms with Gasteiger partial charge in [0.1, 0.15) is 0 Å². The molecule has 0 N–H and O–H groups in total. The first kappa shape index (κ1) is 31.5. The van der Waals surface area contributed by atoms with E-state index in [1.807, 2.05) is 0 Å². The van der Waals surface area contributed by atoms with Crippen molar-refractivity contribution in [3.05, 3.63) is 0 Å². The quantitative estimate of drug-likeness (QED) is 0.111. The minimum atomic E-state index is -0.899. The van der Waals surface area contributed by atoms with Gasteiger partial charge in [0, 0.05) is 5.97 Å². The SMILES string of the molecule is CCCCCCCCCCCCCCCCCCCCCCCCCCCCCC(=O)[O-].